The number of aromatic amines is 1. The third kappa shape index (κ3) is 10.1. The Labute approximate surface area is 427 Å². The first-order valence-corrected chi connectivity index (χ1v) is 27.9. The summed E-state index contributed by atoms with van der Waals surface area (Å²) in [6.45, 7) is 10.5. The van der Waals surface area contributed by atoms with Gasteiger partial charge in [0.05, 0.1) is 27.0 Å². The largest absolute Gasteiger partial charge is 0.489 e. The summed E-state index contributed by atoms with van der Waals surface area (Å²) in [4.78, 5) is 38.8. The predicted octanol–water partition coefficient (Wildman–Crippen LogP) is 9.34. The molecule has 18 heteroatoms. The van der Waals surface area contributed by atoms with Crippen molar-refractivity contribution >= 4 is 44.0 Å². The van der Waals surface area contributed by atoms with Crippen molar-refractivity contribution in [3.8, 4) is 23.1 Å². The van der Waals surface area contributed by atoms with Crippen molar-refractivity contribution in [1.29, 1.82) is 0 Å². The van der Waals surface area contributed by atoms with E-state index < -0.39 is 37.0 Å². The molecule has 17 nitrogen and oxygen atoms in total. The van der Waals surface area contributed by atoms with Gasteiger partial charge in [0.15, 0.2) is 17.2 Å². The van der Waals surface area contributed by atoms with Crippen LogP contribution in [0.25, 0.3) is 11.0 Å². The van der Waals surface area contributed by atoms with Crippen LogP contribution in [0.4, 0.5) is 17.1 Å². The molecule has 5 N–H and O–H groups in total. The molecule has 1 amide bonds. The van der Waals surface area contributed by atoms with Crippen LogP contribution in [-0.4, -0.2) is 102 Å². The van der Waals surface area contributed by atoms with Gasteiger partial charge in [0.2, 0.25) is 0 Å². The monoisotopic (exact) mass is 1020 g/mol. The minimum Gasteiger partial charge on any atom is -0.489 e. The molecule has 2 aliphatic carbocycles. The number of rotatable bonds is 14. The highest BCUT2D eigenvalue weighted by molar-refractivity contribution is 7.90. The van der Waals surface area contributed by atoms with Crippen molar-refractivity contribution in [2.75, 3.05) is 49.6 Å². The number of carbonyl (C=O) groups excluding carboxylic acids is 1. The van der Waals surface area contributed by atoms with E-state index in [4.69, 9.17) is 19.2 Å². The van der Waals surface area contributed by atoms with E-state index >= 15 is 0 Å². The Bertz CT molecular complexity index is 2980. The van der Waals surface area contributed by atoms with Gasteiger partial charge in [0.1, 0.15) is 24.6 Å². The molecule has 5 fully saturated rings. The van der Waals surface area contributed by atoms with Crippen molar-refractivity contribution in [3.63, 3.8) is 0 Å². The molecule has 0 unspecified atom stereocenters. The zero-order valence-corrected chi connectivity index (χ0v) is 42.8. The molecule has 5 aromatic rings. The lowest BCUT2D eigenvalue weighted by molar-refractivity contribution is -0.384. The van der Waals surface area contributed by atoms with Crippen LogP contribution >= 0.6 is 0 Å². The number of pyridine rings is 1. The number of H-pyrrole nitrogens is 1. The number of amides is 1. The third-order valence-corrected chi connectivity index (χ3v) is 18.3. The fraction of sp³-hybridized carbons (Fsp3) is 0.527. The van der Waals surface area contributed by atoms with Gasteiger partial charge in [-0.15, -0.1) is 0 Å². The smallest absolute Gasteiger partial charge is 0.297 e. The van der Waals surface area contributed by atoms with E-state index in [0.29, 0.717) is 55.9 Å². The number of ether oxygens (including phenoxy) is 3. The number of hydrogen-bond donors (Lipinski definition) is 5. The summed E-state index contributed by atoms with van der Waals surface area (Å²) >= 11 is 0. The second kappa shape index (κ2) is 19.7. The molecule has 0 bridgehead atoms. The molecule has 388 valence electrons. The lowest BCUT2D eigenvalue weighted by Crippen LogP contribution is -2.54. The van der Waals surface area contributed by atoms with Crippen LogP contribution in [-0.2, 0) is 10.0 Å². The van der Waals surface area contributed by atoms with E-state index in [1.165, 1.54) is 42.9 Å². The van der Waals surface area contributed by atoms with Crippen LogP contribution in [0.1, 0.15) is 131 Å². The standard InChI is InChI=1S/C55H68N8O9S/c1-34(2)41-9-4-5-10-42(41)45-11-7-23-62(45)39-30-55(31-39)19-24-61(25-20-55)38-12-13-43(47(27-38)72-49-26-36-16-22-57-51(36)59-53(49)71-32-37-8-6-21-56-37)52(64)60-73(68,69)40-28-46(63(66)67)50-48(29-40)70-33-44(58-50)35-14-17-54(3,65)18-15-35/h4-5,9-10,12-13,16,22,26-29,34-35,37,39,44-45,56,58,65H,6-8,11,14-15,17-21,23-25,30-33H2,1-3H3,(H,57,59)(H,60,64)/t35?,37-,44+,45-,54?/m0/s1. The fourth-order valence-electron chi connectivity index (χ4n) is 12.7. The Kier molecular flexibility index (Phi) is 13.3. The van der Waals surface area contributed by atoms with Gasteiger partial charge in [0.25, 0.3) is 27.5 Å². The van der Waals surface area contributed by atoms with Crippen LogP contribution < -0.4 is 34.5 Å². The summed E-state index contributed by atoms with van der Waals surface area (Å²) in [5.74, 6) is 0.144. The Morgan fingerprint density at radius 2 is 1.78 bits per heavy atom. The Morgan fingerprint density at radius 3 is 2.53 bits per heavy atom. The zero-order valence-electron chi connectivity index (χ0n) is 42.0. The maximum absolute atomic E-state index is 14.5. The molecule has 73 heavy (non-hydrogen) atoms. The van der Waals surface area contributed by atoms with Crippen LogP contribution in [0.15, 0.2) is 77.8 Å². The summed E-state index contributed by atoms with van der Waals surface area (Å²) in [5.41, 5.74) is 3.39. The number of nitro benzene ring substituents is 1. The molecular formula is C55H68N8O9S. The topological polar surface area (TPSA) is 214 Å². The van der Waals surface area contributed by atoms with Gasteiger partial charge < -0.3 is 39.8 Å². The molecule has 2 saturated carbocycles. The van der Waals surface area contributed by atoms with E-state index in [0.717, 1.165) is 69.0 Å². The van der Waals surface area contributed by atoms with E-state index in [2.05, 4.69) is 68.3 Å². The SMILES string of the molecule is CC(C)c1ccccc1[C@@H]1CCCN1C1CC2(CCN(c3ccc(C(=O)NS(=O)(=O)c4cc5c(c([N+](=O)[O-])c4)N[C@@H](C4CCC(C)(O)CC4)CO5)c(Oc4cc5cc[nH]c5nc4OC[C@@H]4CCCN4)c3)CC2)C1. The van der Waals surface area contributed by atoms with Gasteiger partial charge in [-0.2, -0.15) is 4.98 Å². The molecule has 0 radical (unpaired) electrons. The summed E-state index contributed by atoms with van der Waals surface area (Å²) in [6, 6.07) is 20.8. The van der Waals surface area contributed by atoms with Crippen LogP contribution in [0, 0.1) is 21.4 Å². The van der Waals surface area contributed by atoms with Crippen LogP contribution in [0.2, 0.25) is 0 Å². The Morgan fingerprint density at radius 1 is 0.986 bits per heavy atom. The molecule has 3 atom stereocenters. The van der Waals surface area contributed by atoms with E-state index in [9.17, 15) is 28.4 Å². The molecule has 1 spiro atoms. The second-order valence-electron chi connectivity index (χ2n) is 22.2. The average Bonchev–Trinajstić information content (AvgIpc) is 4.18. The highest BCUT2D eigenvalue weighted by atomic mass is 32.2. The number of aromatic nitrogens is 2. The van der Waals surface area contributed by atoms with Gasteiger partial charge in [0, 0.05) is 66.7 Å². The molecule has 3 saturated heterocycles. The predicted molar refractivity (Wildman–Crippen MR) is 278 cm³/mol. The third-order valence-electron chi connectivity index (χ3n) is 17.0. The number of aliphatic hydroxyl groups is 1. The highest BCUT2D eigenvalue weighted by Crippen LogP contribution is 2.54. The van der Waals surface area contributed by atoms with Crippen molar-refractivity contribution in [3.05, 3.63) is 99.7 Å². The van der Waals surface area contributed by atoms with Gasteiger partial charge >= 0.3 is 0 Å². The summed E-state index contributed by atoms with van der Waals surface area (Å²) in [7, 11) is -4.71. The number of hydrogen-bond acceptors (Lipinski definition) is 14. The van der Waals surface area contributed by atoms with Gasteiger partial charge in [-0.05, 0) is 150 Å². The Balaban J connectivity index is 0.841. The van der Waals surface area contributed by atoms with Crippen molar-refractivity contribution in [1.82, 2.24) is 24.9 Å². The first kappa shape index (κ1) is 49.3. The lowest BCUT2D eigenvalue weighted by Gasteiger charge is -2.56. The van der Waals surface area contributed by atoms with Gasteiger partial charge in [-0.1, -0.05) is 38.1 Å². The normalized spacial score (nSPS) is 25.2. The number of fused-ring (bicyclic) bond motifs is 2. The molecule has 6 heterocycles. The van der Waals surface area contributed by atoms with E-state index in [1.54, 1.807) is 24.4 Å². The number of anilines is 2. The fourth-order valence-corrected chi connectivity index (χ4v) is 13.7. The number of carbonyl (C=O) groups is 1. The molecule has 4 aliphatic heterocycles. The highest BCUT2D eigenvalue weighted by Gasteiger charge is 2.50. The number of nitrogens with one attached hydrogen (secondary N) is 4. The summed E-state index contributed by atoms with van der Waals surface area (Å²) in [5, 5.41) is 30.5. The summed E-state index contributed by atoms with van der Waals surface area (Å²) in [6.07, 6.45) is 13.2. The van der Waals surface area contributed by atoms with Crippen molar-refractivity contribution in [2.45, 2.75) is 138 Å². The molecular weight excluding hydrogens is 949 g/mol. The first-order valence-electron chi connectivity index (χ1n) is 26.4. The van der Waals surface area contributed by atoms with E-state index in [-0.39, 0.29) is 64.4 Å². The maximum atomic E-state index is 14.5. The molecule has 2 aromatic heterocycles. The van der Waals surface area contributed by atoms with Crippen molar-refractivity contribution < 1.29 is 37.5 Å². The van der Waals surface area contributed by atoms with Crippen molar-refractivity contribution in [2.24, 2.45) is 11.3 Å². The molecule has 3 aromatic carbocycles. The minimum absolute atomic E-state index is 0.00387. The van der Waals surface area contributed by atoms with Gasteiger partial charge in [-0.25, -0.2) is 13.1 Å². The zero-order chi connectivity index (χ0) is 50.6. The first-order chi connectivity index (χ1) is 35.1. The quantitative estimate of drug-likeness (QED) is 0.0518. The van der Waals surface area contributed by atoms with E-state index in [1.807, 2.05) is 19.1 Å². The Hall–Kier alpha value is -5.95. The minimum atomic E-state index is -4.71. The van der Waals surface area contributed by atoms with Crippen LogP contribution in [0.3, 0.4) is 0 Å². The number of likely N-dealkylation sites (tertiary alicyclic amines) is 1. The number of nitro groups is 1. The number of sulfonamides is 1. The van der Waals surface area contributed by atoms with Gasteiger partial charge in [-0.3, -0.25) is 19.8 Å². The lowest BCUT2D eigenvalue weighted by atomic mass is 9.59. The second-order valence-corrected chi connectivity index (χ2v) is 23.9. The van der Waals surface area contributed by atoms with Crippen LogP contribution in [0.5, 0.6) is 23.1 Å². The summed E-state index contributed by atoms with van der Waals surface area (Å²) < 4.78 is 49.6. The molecule has 6 aliphatic rings. The number of benzene rings is 3. The average molecular weight is 1020 g/mol. The molecule has 11 rings (SSSR count). The number of nitrogens with zero attached hydrogens (tertiary/aromatic N) is 4. The number of piperidine rings is 1. The maximum Gasteiger partial charge on any atom is 0.297 e.